The van der Waals surface area contributed by atoms with E-state index in [0.717, 1.165) is 27.8 Å². The minimum atomic E-state index is -0.927. The Bertz CT molecular complexity index is 2040. The summed E-state index contributed by atoms with van der Waals surface area (Å²) >= 11 is 0. The molecule has 314 valence electrons. The van der Waals surface area contributed by atoms with Crippen LogP contribution in [0.4, 0.5) is 0 Å². The molecule has 6 aromatic carbocycles. The minimum Gasteiger partial charge on any atom is -0.381 e. The molecule has 2 radical (unpaired) electrons. The van der Waals surface area contributed by atoms with Crippen LogP contribution in [0.1, 0.15) is 107 Å². The second kappa shape index (κ2) is 27.7. The third kappa shape index (κ3) is 14.1. The number of hydrogen-bond donors (Lipinski definition) is 2. The van der Waals surface area contributed by atoms with Crippen LogP contribution in [0.5, 0.6) is 0 Å². The predicted molar refractivity (Wildman–Crippen MR) is 243 cm³/mol. The molecular weight excluding hydrogens is 1180 g/mol. The van der Waals surface area contributed by atoms with Gasteiger partial charge in [-0.3, -0.25) is 14.6 Å². The monoisotopic (exact) mass is 1250 g/mol. The Labute approximate surface area is 436 Å². The maximum atomic E-state index is 12.0. The van der Waals surface area contributed by atoms with E-state index in [1.165, 1.54) is 5.56 Å². The maximum absolute atomic E-state index is 12.0. The Kier molecular flexibility index (Phi) is 25.3. The summed E-state index contributed by atoms with van der Waals surface area (Å²) in [5.41, 5.74) is 6.49. The van der Waals surface area contributed by atoms with Gasteiger partial charge in [-0.2, -0.15) is 0 Å². The van der Waals surface area contributed by atoms with Crippen LogP contribution in [0, 0.1) is 88.1 Å². The van der Waals surface area contributed by atoms with Gasteiger partial charge in [0.15, 0.2) is 12.2 Å². The van der Waals surface area contributed by atoms with E-state index in [2.05, 4.69) is 36.2 Å². The smallest absolute Gasteiger partial charge is 0.255 e. The maximum Gasteiger partial charge on any atom is 0.255 e. The zero-order valence-corrected chi connectivity index (χ0v) is 42.6. The fourth-order valence-electron chi connectivity index (χ4n) is 7.18. The molecule has 7 atom stereocenters. The topological polar surface area (TPSA) is 93.4 Å². The van der Waals surface area contributed by atoms with Gasteiger partial charge in [-0.15, -0.1) is 0 Å². The number of carbonyl (C=O) groups is 2. The zero-order valence-electron chi connectivity index (χ0n) is 33.1. The number of hydrogen-bond acceptors (Lipinski definition) is 5. The number of nitrogens with zero attached hydrogens (tertiary/aromatic N) is 3. The largest absolute Gasteiger partial charge is 0.381 e. The Balaban J connectivity index is 0.000000443. The summed E-state index contributed by atoms with van der Waals surface area (Å²) in [6.45, 7) is 6.10. The first-order valence-electron chi connectivity index (χ1n) is 19.1. The van der Waals surface area contributed by atoms with Crippen molar-refractivity contribution in [1.29, 1.82) is 0 Å². The number of rotatable bonds is 9. The Morgan fingerprint density at radius 2 is 0.738 bits per heavy atom. The van der Waals surface area contributed by atoms with Crippen molar-refractivity contribution in [1.82, 2.24) is 9.80 Å². The van der Waals surface area contributed by atoms with E-state index in [4.69, 9.17) is 0 Å². The molecule has 2 fully saturated rings. The number of aliphatic hydroxyl groups is 2. The molecule has 0 aromatic heterocycles. The predicted octanol–water partition coefficient (Wildman–Crippen LogP) is 11.2. The average Bonchev–Trinajstić information content (AvgIpc) is 3.27. The molecule has 2 amide bonds. The van der Waals surface area contributed by atoms with Crippen molar-refractivity contribution in [3.05, 3.63) is 215 Å². The van der Waals surface area contributed by atoms with E-state index in [9.17, 15) is 19.8 Å². The van der Waals surface area contributed by atoms with Gasteiger partial charge in [0.05, 0.1) is 30.2 Å². The van der Waals surface area contributed by atoms with Crippen molar-refractivity contribution in [2.45, 2.75) is 85.5 Å². The van der Waals surface area contributed by atoms with Gasteiger partial charge in [0.25, 0.3) is 11.8 Å². The molecule has 2 N–H and O–H groups in total. The number of β-lactam (4-membered cyclic amide) rings is 2. The summed E-state index contributed by atoms with van der Waals surface area (Å²) in [6.07, 6.45) is 0.0737. The first kappa shape index (κ1) is 55.8. The first-order chi connectivity index (χ1) is 27.3. The van der Waals surface area contributed by atoms with Crippen molar-refractivity contribution in [3.8, 4) is 0 Å². The van der Waals surface area contributed by atoms with Crippen LogP contribution in [-0.2, 0) is 9.59 Å². The second-order valence-corrected chi connectivity index (χ2v) is 14.0. The van der Waals surface area contributed by atoms with E-state index in [0.29, 0.717) is 0 Å². The van der Waals surface area contributed by atoms with E-state index >= 15 is 0 Å². The Morgan fingerprint density at radius 3 is 1.07 bits per heavy atom. The number of aliphatic imine (C=N–C) groups is 1. The molecule has 0 spiro atoms. The quantitative estimate of drug-likeness (QED) is 0.111. The van der Waals surface area contributed by atoms with E-state index in [-0.39, 0.29) is 152 Å². The molecular formula is C52H61Ac2N3O4. The molecule has 6 aromatic rings. The fourth-order valence-corrected chi connectivity index (χ4v) is 7.18. The first-order valence-corrected chi connectivity index (χ1v) is 19.1. The number of aliphatic hydroxyl groups excluding tert-OH is 2. The zero-order chi connectivity index (χ0) is 39.4. The van der Waals surface area contributed by atoms with Crippen molar-refractivity contribution in [3.63, 3.8) is 0 Å². The Morgan fingerprint density at radius 1 is 0.459 bits per heavy atom. The summed E-state index contributed by atoms with van der Waals surface area (Å²) in [7, 11) is 0. The molecule has 7 unspecified atom stereocenters. The summed E-state index contributed by atoms with van der Waals surface area (Å²) < 4.78 is 0. The fraction of sp³-hybridized carbons (Fsp3) is 0.250. The average molecular weight is 1250 g/mol. The SMILES string of the molecule is C.C.C.CC(N=Cc1ccccc1)c1ccccc1.CC(c1ccccc1)N1C(=O)C(O)C1c1ccccc1.CC(c1ccccc1)N1C(=O)C(O)C1c1ccccc1.[Ac].[Ac]. The molecule has 0 bridgehead atoms. The number of carbonyl (C=O) groups excluding carboxylic acids is 2. The number of benzene rings is 6. The van der Waals surface area contributed by atoms with Gasteiger partial charge in [-0.25, -0.2) is 0 Å². The van der Waals surface area contributed by atoms with Gasteiger partial charge in [0.2, 0.25) is 0 Å². The molecule has 0 saturated carbocycles. The van der Waals surface area contributed by atoms with Crippen molar-refractivity contribution in [2.24, 2.45) is 4.99 Å². The Hall–Kier alpha value is -3.27. The molecule has 7 nitrogen and oxygen atoms in total. The summed E-state index contributed by atoms with van der Waals surface area (Å²) in [5, 5.41) is 20.0. The van der Waals surface area contributed by atoms with Crippen molar-refractivity contribution >= 4 is 18.0 Å². The van der Waals surface area contributed by atoms with Crippen LogP contribution in [0.25, 0.3) is 0 Å². The molecule has 2 saturated heterocycles. The molecule has 2 aliphatic heterocycles. The van der Waals surface area contributed by atoms with E-state index in [1.54, 1.807) is 9.80 Å². The van der Waals surface area contributed by atoms with Crippen LogP contribution < -0.4 is 0 Å². The molecule has 2 heterocycles. The third-order valence-electron chi connectivity index (χ3n) is 10.4. The van der Waals surface area contributed by atoms with Crippen LogP contribution in [0.3, 0.4) is 0 Å². The van der Waals surface area contributed by atoms with Gasteiger partial charge in [0, 0.05) is 94.3 Å². The normalized spacial score (nSPS) is 18.6. The minimum absolute atomic E-state index is 0. The molecule has 61 heavy (non-hydrogen) atoms. The van der Waals surface area contributed by atoms with Gasteiger partial charge < -0.3 is 20.0 Å². The van der Waals surface area contributed by atoms with E-state index in [1.807, 2.05) is 178 Å². The number of likely N-dealkylation sites (tertiary alicyclic amines) is 2. The van der Waals surface area contributed by atoms with Gasteiger partial charge in [-0.05, 0) is 54.2 Å². The van der Waals surface area contributed by atoms with Gasteiger partial charge in [-0.1, -0.05) is 204 Å². The molecule has 2 aliphatic rings. The third-order valence-corrected chi connectivity index (χ3v) is 10.4. The summed E-state index contributed by atoms with van der Waals surface area (Å²) in [4.78, 5) is 32.1. The summed E-state index contributed by atoms with van der Waals surface area (Å²) in [6, 6.07) is 59.3. The second-order valence-electron chi connectivity index (χ2n) is 14.0. The van der Waals surface area contributed by atoms with Crippen LogP contribution in [0.15, 0.2) is 187 Å². The van der Waals surface area contributed by atoms with Crippen LogP contribution >= 0.6 is 0 Å². The molecule has 0 aliphatic carbocycles. The van der Waals surface area contributed by atoms with Crippen molar-refractivity contribution < 1.29 is 108 Å². The number of amides is 2. The van der Waals surface area contributed by atoms with Crippen molar-refractivity contribution in [2.75, 3.05) is 0 Å². The molecule has 9 heteroatoms. The summed E-state index contributed by atoms with van der Waals surface area (Å²) in [5.74, 6) is -0.398. The molecule has 8 rings (SSSR count). The van der Waals surface area contributed by atoms with Gasteiger partial charge >= 0.3 is 0 Å². The van der Waals surface area contributed by atoms with Gasteiger partial charge in [0.1, 0.15) is 0 Å². The van der Waals surface area contributed by atoms with Crippen LogP contribution in [0.2, 0.25) is 0 Å². The standard InChI is InChI=1S/2C17H17NO2.C15H15N.3CH4.2Ac/c2*1-12(13-8-4-2-5-9-13)18-15(16(19)17(18)20)14-10-6-3-7-11-14;1-13(15-10-6-3-7-11-15)16-12-14-8-4-2-5-9-14;;;;;/h2*2-12,15-16,19H,1H3;2-13H,1H3;3*1H4;;. The van der Waals surface area contributed by atoms with Crippen LogP contribution in [-0.4, -0.2) is 50.2 Å². The van der Waals surface area contributed by atoms with E-state index < -0.39 is 12.2 Å².